The third kappa shape index (κ3) is 5.79. The molecule has 0 aliphatic rings. The fourth-order valence-electron chi connectivity index (χ4n) is 1.95. The van der Waals surface area contributed by atoms with Crippen molar-refractivity contribution in [2.45, 2.75) is 13.8 Å². The number of rotatable bonds is 6. The van der Waals surface area contributed by atoms with Crippen LogP contribution in [-0.4, -0.2) is 18.7 Å². The van der Waals surface area contributed by atoms with Gasteiger partial charge < -0.3 is 4.74 Å². The summed E-state index contributed by atoms with van der Waals surface area (Å²) in [5.41, 5.74) is 5.47. The largest absolute Gasteiger partial charge is 0.483 e. The molecular formula is C19H20N2O2. The Morgan fingerprint density at radius 3 is 2.57 bits per heavy atom. The molecule has 0 saturated heterocycles. The zero-order chi connectivity index (χ0) is 16.5. The van der Waals surface area contributed by atoms with Crippen LogP contribution in [0.3, 0.4) is 0 Å². The quantitative estimate of drug-likeness (QED) is 0.655. The second-order valence-electron chi connectivity index (χ2n) is 5.15. The van der Waals surface area contributed by atoms with Crippen LogP contribution in [0.2, 0.25) is 0 Å². The van der Waals surface area contributed by atoms with Crippen LogP contribution in [0, 0.1) is 6.92 Å². The summed E-state index contributed by atoms with van der Waals surface area (Å²) in [5, 5.41) is 3.93. The van der Waals surface area contributed by atoms with E-state index in [4.69, 9.17) is 4.74 Å². The van der Waals surface area contributed by atoms with Crippen molar-refractivity contribution >= 4 is 18.2 Å². The lowest BCUT2D eigenvalue weighted by Crippen LogP contribution is -2.24. The summed E-state index contributed by atoms with van der Waals surface area (Å²) in [7, 11) is 0. The Labute approximate surface area is 136 Å². The summed E-state index contributed by atoms with van der Waals surface area (Å²) in [6.07, 6.45) is 3.60. The number of aryl methyl sites for hydroxylation is 1. The maximum absolute atomic E-state index is 11.7. The predicted molar refractivity (Wildman–Crippen MR) is 93.4 cm³/mol. The van der Waals surface area contributed by atoms with E-state index in [1.807, 2.05) is 74.5 Å². The van der Waals surface area contributed by atoms with Crippen LogP contribution < -0.4 is 10.2 Å². The summed E-state index contributed by atoms with van der Waals surface area (Å²) in [4.78, 5) is 11.7. The van der Waals surface area contributed by atoms with Crippen LogP contribution >= 0.6 is 0 Å². The van der Waals surface area contributed by atoms with Crippen molar-refractivity contribution in [3.8, 4) is 5.75 Å². The maximum Gasteiger partial charge on any atom is 0.277 e. The van der Waals surface area contributed by atoms with E-state index in [0.29, 0.717) is 5.75 Å². The molecule has 0 saturated carbocycles. The minimum absolute atomic E-state index is 0.0658. The standard InChI is InChI=1S/C19H20N2O2/c1-15(12-17-9-4-3-5-10-17)13-20-21-19(22)14-23-18-11-7-6-8-16(18)2/h3-13H,14H2,1-2H3,(H,21,22)/b15-12+,20-13?. The Morgan fingerprint density at radius 2 is 1.83 bits per heavy atom. The number of nitrogens with zero attached hydrogens (tertiary/aromatic N) is 1. The van der Waals surface area contributed by atoms with Gasteiger partial charge in [-0.15, -0.1) is 0 Å². The smallest absolute Gasteiger partial charge is 0.277 e. The summed E-state index contributed by atoms with van der Waals surface area (Å²) in [6.45, 7) is 3.79. The molecule has 0 aliphatic heterocycles. The number of amides is 1. The van der Waals surface area contributed by atoms with Crippen molar-refractivity contribution in [2.24, 2.45) is 5.10 Å². The topological polar surface area (TPSA) is 50.7 Å². The Balaban J connectivity index is 1.80. The zero-order valence-corrected chi connectivity index (χ0v) is 13.3. The van der Waals surface area contributed by atoms with Gasteiger partial charge in [0, 0.05) is 0 Å². The zero-order valence-electron chi connectivity index (χ0n) is 13.3. The highest BCUT2D eigenvalue weighted by molar-refractivity contribution is 5.86. The number of allylic oxidation sites excluding steroid dienone is 1. The first-order valence-corrected chi connectivity index (χ1v) is 7.39. The number of hydrazone groups is 1. The minimum atomic E-state index is -0.294. The molecule has 0 fully saturated rings. The fraction of sp³-hybridized carbons (Fsp3) is 0.158. The van der Waals surface area contributed by atoms with Crippen molar-refractivity contribution in [3.63, 3.8) is 0 Å². The molecule has 23 heavy (non-hydrogen) atoms. The number of para-hydroxylation sites is 1. The molecule has 2 aromatic rings. The number of nitrogens with one attached hydrogen (secondary N) is 1. The Kier molecular flexibility index (Phi) is 6.12. The Morgan fingerprint density at radius 1 is 1.13 bits per heavy atom. The summed E-state index contributed by atoms with van der Waals surface area (Å²) in [6, 6.07) is 17.5. The average Bonchev–Trinajstić information content (AvgIpc) is 2.55. The van der Waals surface area contributed by atoms with E-state index in [2.05, 4.69) is 10.5 Å². The van der Waals surface area contributed by atoms with Gasteiger partial charge in [0.05, 0.1) is 6.21 Å². The molecule has 0 spiro atoms. The Bertz CT molecular complexity index is 706. The first kappa shape index (κ1) is 16.5. The first-order valence-electron chi connectivity index (χ1n) is 7.39. The number of benzene rings is 2. The molecule has 1 amide bonds. The third-order valence-corrected chi connectivity index (χ3v) is 3.10. The van der Waals surface area contributed by atoms with Gasteiger partial charge in [-0.3, -0.25) is 4.79 Å². The van der Waals surface area contributed by atoms with Gasteiger partial charge in [0.1, 0.15) is 5.75 Å². The van der Waals surface area contributed by atoms with E-state index >= 15 is 0 Å². The molecule has 4 heteroatoms. The number of carbonyl (C=O) groups excluding carboxylic acids is 1. The molecule has 0 aromatic heterocycles. The molecule has 0 aliphatic carbocycles. The van der Waals surface area contributed by atoms with Crippen LogP contribution in [-0.2, 0) is 4.79 Å². The van der Waals surface area contributed by atoms with E-state index in [0.717, 1.165) is 16.7 Å². The summed E-state index contributed by atoms with van der Waals surface area (Å²) < 4.78 is 5.45. The van der Waals surface area contributed by atoms with Crippen molar-refractivity contribution in [1.29, 1.82) is 0 Å². The first-order chi connectivity index (χ1) is 11.1. The molecule has 2 rings (SSSR count). The highest BCUT2D eigenvalue weighted by Crippen LogP contribution is 2.15. The van der Waals surface area contributed by atoms with Gasteiger partial charge in [0.2, 0.25) is 0 Å². The van der Waals surface area contributed by atoms with Crippen molar-refractivity contribution in [3.05, 3.63) is 71.3 Å². The number of hydrogen-bond donors (Lipinski definition) is 1. The van der Waals surface area contributed by atoms with Crippen molar-refractivity contribution < 1.29 is 9.53 Å². The lowest BCUT2D eigenvalue weighted by molar-refractivity contribution is -0.123. The molecule has 2 aromatic carbocycles. The van der Waals surface area contributed by atoms with E-state index in [1.54, 1.807) is 6.21 Å². The second kappa shape index (κ2) is 8.54. The predicted octanol–water partition coefficient (Wildman–Crippen LogP) is 3.58. The molecule has 0 heterocycles. The summed E-state index contributed by atoms with van der Waals surface area (Å²) >= 11 is 0. The van der Waals surface area contributed by atoms with Gasteiger partial charge in [-0.05, 0) is 36.6 Å². The molecular weight excluding hydrogens is 288 g/mol. The maximum atomic E-state index is 11.7. The molecule has 4 nitrogen and oxygen atoms in total. The molecule has 0 unspecified atom stereocenters. The average molecular weight is 308 g/mol. The van der Waals surface area contributed by atoms with Gasteiger partial charge in [-0.2, -0.15) is 5.10 Å². The second-order valence-corrected chi connectivity index (χ2v) is 5.15. The van der Waals surface area contributed by atoms with Crippen LogP contribution in [0.25, 0.3) is 6.08 Å². The normalized spacial score (nSPS) is 11.5. The van der Waals surface area contributed by atoms with E-state index in [-0.39, 0.29) is 12.5 Å². The number of hydrogen-bond acceptors (Lipinski definition) is 3. The lowest BCUT2D eigenvalue weighted by Gasteiger charge is -2.07. The van der Waals surface area contributed by atoms with Gasteiger partial charge in [-0.1, -0.05) is 54.6 Å². The van der Waals surface area contributed by atoms with Crippen LogP contribution in [0.1, 0.15) is 18.1 Å². The number of carbonyl (C=O) groups is 1. The van der Waals surface area contributed by atoms with Gasteiger partial charge in [0.25, 0.3) is 5.91 Å². The monoisotopic (exact) mass is 308 g/mol. The minimum Gasteiger partial charge on any atom is -0.483 e. The molecule has 0 radical (unpaired) electrons. The van der Waals surface area contributed by atoms with E-state index < -0.39 is 0 Å². The van der Waals surface area contributed by atoms with Crippen LogP contribution in [0.4, 0.5) is 0 Å². The van der Waals surface area contributed by atoms with E-state index in [9.17, 15) is 4.79 Å². The van der Waals surface area contributed by atoms with Crippen molar-refractivity contribution in [2.75, 3.05) is 6.61 Å². The highest BCUT2D eigenvalue weighted by atomic mass is 16.5. The van der Waals surface area contributed by atoms with Gasteiger partial charge in [-0.25, -0.2) is 5.43 Å². The fourth-order valence-corrected chi connectivity index (χ4v) is 1.95. The molecule has 118 valence electrons. The lowest BCUT2D eigenvalue weighted by atomic mass is 10.1. The van der Waals surface area contributed by atoms with Gasteiger partial charge in [0.15, 0.2) is 6.61 Å². The third-order valence-electron chi connectivity index (χ3n) is 3.10. The van der Waals surface area contributed by atoms with Crippen LogP contribution in [0.15, 0.2) is 65.3 Å². The molecule has 1 N–H and O–H groups in total. The Hall–Kier alpha value is -2.88. The van der Waals surface area contributed by atoms with E-state index in [1.165, 1.54) is 0 Å². The SMILES string of the molecule is C/C(C=NNC(=O)COc1ccccc1C)=C\c1ccccc1. The molecule has 0 bridgehead atoms. The van der Waals surface area contributed by atoms with Gasteiger partial charge >= 0.3 is 0 Å². The summed E-state index contributed by atoms with van der Waals surface area (Å²) in [5.74, 6) is 0.406. The van der Waals surface area contributed by atoms with Crippen LogP contribution in [0.5, 0.6) is 5.75 Å². The highest BCUT2D eigenvalue weighted by Gasteiger charge is 2.02. The van der Waals surface area contributed by atoms with Crippen molar-refractivity contribution in [1.82, 2.24) is 5.43 Å². The molecule has 0 atom stereocenters. The number of ether oxygens (including phenoxy) is 1.